The van der Waals surface area contributed by atoms with Crippen LogP contribution in [0.5, 0.6) is 5.75 Å². The predicted molar refractivity (Wildman–Crippen MR) is 107 cm³/mol. The van der Waals surface area contributed by atoms with Gasteiger partial charge in [-0.2, -0.15) is 5.10 Å². The fourth-order valence-corrected chi connectivity index (χ4v) is 2.78. The normalized spacial score (nSPS) is 10.4. The largest absolute Gasteiger partial charge is 0.489 e. The number of hydrogen-bond donors (Lipinski definition) is 1. The second-order valence-corrected chi connectivity index (χ2v) is 6.10. The molecule has 4 aromatic rings. The van der Waals surface area contributed by atoms with Crippen molar-refractivity contribution in [1.29, 1.82) is 0 Å². The first-order chi connectivity index (χ1) is 13.8. The van der Waals surface area contributed by atoms with Gasteiger partial charge in [-0.25, -0.2) is 9.67 Å². The van der Waals surface area contributed by atoms with Crippen molar-refractivity contribution in [2.24, 2.45) is 0 Å². The molecule has 3 aromatic carbocycles. The zero-order valence-corrected chi connectivity index (χ0v) is 15.0. The Kier molecular flexibility index (Phi) is 5.11. The van der Waals surface area contributed by atoms with Gasteiger partial charge in [0.1, 0.15) is 25.0 Å². The summed E-state index contributed by atoms with van der Waals surface area (Å²) in [5, 5.41) is 7.02. The van der Waals surface area contributed by atoms with Crippen LogP contribution >= 0.6 is 0 Å². The quantitative estimate of drug-likeness (QED) is 0.555. The fraction of sp³-hybridized carbons (Fsp3) is 0.0455. The van der Waals surface area contributed by atoms with Crippen molar-refractivity contribution in [2.45, 2.75) is 6.61 Å². The minimum atomic E-state index is -0.180. The molecule has 0 aliphatic rings. The molecular formula is C22H18N4O2. The van der Waals surface area contributed by atoms with E-state index < -0.39 is 0 Å². The molecule has 28 heavy (non-hydrogen) atoms. The third kappa shape index (κ3) is 4.07. The summed E-state index contributed by atoms with van der Waals surface area (Å²) >= 11 is 0. The van der Waals surface area contributed by atoms with Crippen molar-refractivity contribution in [3.05, 3.63) is 103 Å². The number of carbonyl (C=O) groups excluding carboxylic acids is 1. The molecule has 1 aromatic heterocycles. The number of ether oxygens (including phenoxy) is 1. The van der Waals surface area contributed by atoms with Crippen molar-refractivity contribution in [3.8, 4) is 11.4 Å². The molecule has 1 N–H and O–H groups in total. The molecule has 6 nitrogen and oxygen atoms in total. The molecule has 0 saturated carbocycles. The van der Waals surface area contributed by atoms with E-state index in [1.807, 2.05) is 72.8 Å². The van der Waals surface area contributed by atoms with Crippen LogP contribution < -0.4 is 10.1 Å². The van der Waals surface area contributed by atoms with E-state index >= 15 is 0 Å². The highest BCUT2D eigenvalue weighted by molar-refractivity contribution is 6.05. The maximum absolute atomic E-state index is 12.8. The average molecular weight is 370 g/mol. The van der Waals surface area contributed by atoms with Gasteiger partial charge in [0, 0.05) is 16.8 Å². The SMILES string of the molecule is O=C(Nc1ccc(-n2cncn2)cc1)c1ccccc1COc1ccccc1. The summed E-state index contributed by atoms with van der Waals surface area (Å²) in [4.78, 5) is 16.7. The van der Waals surface area contributed by atoms with Gasteiger partial charge in [0.25, 0.3) is 5.91 Å². The number of nitrogens with zero attached hydrogens (tertiary/aromatic N) is 3. The second-order valence-electron chi connectivity index (χ2n) is 6.10. The van der Waals surface area contributed by atoms with E-state index in [4.69, 9.17) is 4.74 Å². The molecule has 0 spiro atoms. The molecule has 1 amide bonds. The number of rotatable bonds is 6. The van der Waals surface area contributed by atoms with Gasteiger partial charge in [0.05, 0.1) is 5.69 Å². The fourth-order valence-electron chi connectivity index (χ4n) is 2.78. The Bertz CT molecular complexity index is 1050. The Morgan fingerprint density at radius 1 is 0.929 bits per heavy atom. The molecule has 6 heteroatoms. The minimum Gasteiger partial charge on any atom is -0.489 e. The van der Waals surface area contributed by atoms with E-state index in [1.165, 1.54) is 6.33 Å². The molecule has 0 aliphatic heterocycles. The van der Waals surface area contributed by atoms with Crippen LogP contribution in [0.3, 0.4) is 0 Å². The second kappa shape index (κ2) is 8.18. The van der Waals surface area contributed by atoms with Gasteiger partial charge >= 0.3 is 0 Å². The summed E-state index contributed by atoms with van der Waals surface area (Å²) in [6.07, 6.45) is 3.10. The highest BCUT2D eigenvalue weighted by Gasteiger charge is 2.12. The first-order valence-electron chi connectivity index (χ1n) is 8.82. The summed E-state index contributed by atoms with van der Waals surface area (Å²) in [6, 6.07) is 24.4. The van der Waals surface area contributed by atoms with E-state index in [2.05, 4.69) is 15.4 Å². The Labute approximate surface area is 162 Å². The van der Waals surface area contributed by atoms with Crippen LogP contribution in [-0.4, -0.2) is 20.7 Å². The topological polar surface area (TPSA) is 69.0 Å². The number of amides is 1. The van der Waals surface area contributed by atoms with E-state index in [0.717, 1.165) is 17.0 Å². The molecule has 0 atom stereocenters. The molecule has 0 radical (unpaired) electrons. The number of hydrogen-bond acceptors (Lipinski definition) is 4. The minimum absolute atomic E-state index is 0.180. The Morgan fingerprint density at radius 3 is 2.43 bits per heavy atom. The van der Waals surface area contributed by atoms with Gasteiger partial charge in [-0.1, -0.05) is 36.4 Å². The van der Waals surface area contributed by atoms with Crippen LogP contribution in [0.25, 0.3) is 5.69 Å². The van der Waals surface area contributed by atoms with Crippen molar-refractivity contribution in [2.75, 3.05) is 5.32 Å². The van der Waals surface area contributed by atoms with Crippen LogP contribution in [0.2, 0.25) is 0 Å². The number of nitrogens with one attached hydrogen (secondary N) is 1. The molecular weight excluding hydrogens is 352 g/mol. The number of benzene rings is 3. The summed E-state index contributed by atoms with van der Waals surface area (Å²) in [7, 11) is 0. The van der Waals surface area contributed by atoms with Crippen LogP contribution in [0.1, 0.15) is 15.9 Å². The van der Waals surface area contributed by atoms with Gasteiger partial charge < -0.3 is 10.1 Å². The highest BCUT2D eigenvalue weighted by atomic mass is 16.5. The summed E-state index contributed by atoms with van der Waals surface area (Å²) in [5.74, 6) is 0.585. The van der Waals surface area contributed by atoms with E-state index in [1.54, 1.807) is 17.1 Å². The zero-order chi connectivity index (χ0) is 19.2. The predicted octanol–water partition coefficient (Wildman–Crippen LogP) is 4.10. The first-order valence-corrected chi connectivity index (χ1v) is 8.82. The van der Waals surface area contributed by atoms with Crippen molar-refractivity contribution >= 4 is 11.6 Å². The van der Waals surface area contributed by atoms with Crippen LogP contribution in [-0.2, 0) is 6.61 Å². The molecule has 0 bridgehead atoms. The molecule has 0 unspecified atom stereocenters. The van der Waals surface area contributed by atoms with E-state index in [-0.39, 0.29) is 5.91 Å². The molecule has 0 aliphatic carbocycles. The van der Waals surface area contributed by atoms with Gasteiger partial charge in [0.2, 0.25) is 0 Å². The number of para-hydroxylation sites is 1. The Hall–Kier alpha value is -3.93. The molecule has 1 heterocycles. The Morgan fingerprint density at radius 2 is 1.68 bits per heavy atom. The maximum Gasteiger partial charge on any atom is 0.256 e. The first kappa shape index (κ1) is 17.5. The van der Waals surface area contributed by atoms with Crippen molar-refractivity contribution < 1.29 is 9.53 Å². The summed E-state index contributed by atoms with van der Waals surface area (Å²) in [5.41, 5.74) is 2.97. The smallest absolute Gasteiger partial charge is 0.256 e. The lowest BCUT2D eigenvalue weighted by Crippen LogP contribution is -2.15. The Balaban J connectivity index is 1.46. The van der Waals surface area contributed by atoms with Gasteiger partial charge in [-0.05, 0) is 42.5 Å². The van der Waals surface area contributed by atoms with Crippen molar-refractivity contribution in [1.82, 2.24) is 14.8 Å². The van der Waals surface area contributed by atoms with Crippen molar-refractivity contribution in [3.63, 3.8) is 0 Å². The standard InChI is InChI=1S/C22H18N4O2/c27-22(25-18-10-12-19(13-11-18)26-16-23-15-24-26)21-9-5-4-6-17(21)14-28-20-7-2-1-3-8-20/h1-13,15-16H,14H2,(H,25,27). The highest BCUT2D eigenvalue weighted by Crippen LogP contribution is 2.17. The number of carbonyl (C=O) groups is 1. The van der Waals surface area contributed by atoms with E-state index in [0.29, 0.717) is 17.9 Å². The lowest BCUT2D eigenvalue weighted by molar-refractivity contribution is 0.102. The summed E-state index contributed by atoms with van der Waals surface area (Å²) in [6.45, 7) is 0.318. The van der Waals surface area contributed by atoms with Gasteiger partial charge in [-0.3, -0.25) is 4.79 Å². The lowest BCUT2D eigenvalue weighted by atomic mass is 10.1. The number of aromatic nitrogens is 3. The van der Waals surface area contributed by atoms with Gasteiger partial charge in [0.15, 0.2) is 0 Å². The molecule has 0 saturated heterocycles. The van der Waals surface area contributed by atoms with Crippen LogP contribution in [0, 0.1) is 0 Å². The van der Waals surface area contributed by atoms with Crippen LogP contribution in [0.15, 0.2) is 91.5 Å². The van der Waals surface area contributed by atoms with E-state index in [9.17, 15) is 4.79 Å². The monoisotopic (exact) mass is 370 g/mol. The third-order valence-electron chi connectivity index (χ3n) is 4.21. The molecule has 0 fully saturated rings. The zero-order valence-electron chi connectivity index (χ0n) is 15.0. The maximum atomic E-state index is 12.8. The third-order valence-corrected chi connectivity index (χ3v) is 4.21. The van der Waals surface area contributed by atoms with Gasteiger partial charge in [-0.15, -0.1) is 0 Å². The lowest BCUT2D eigenvalue weighted by Gasteiger charge is -2.12. The number of anilines is 1. The molecule has 4 rings (SSSR count). The summed E-state index contributed by atoms with van der Waals surface area (Å²) < 4.78 is 7.45. The van der Waals surface area contributed by atoms with Crippen LogP contribution in [0.4, 0.5) is 5.69 Å². The average Bonchev–Trinajstić information content (AvgIpc) is 3.29. The molecule has 138 valence electrons.